The van der Waals surface area contributed by atoms with Gasteiger partial charge in [-0.2, -0.15) is 0 Å². The third-order valence-electron chi connectivity index (χ3n) is 5.77. The second-order valence-electron chi connectivity index (χ2n) is 7.73. The number of rotatable bonds is 5. The van der Waals surface area contributed by atoms with Crippen molar-refractivity contribution in [3.63, 3.8) is 0 Å². The number of benzene rings is 2. The zero-order chi connectivity index (χ0) is 22.7. The van der Waals surface area contributed by atoms with Crippen LogP contribution in [0.3, 0.4) is 0 Å². The van der Waals surface area contributed by atoms with Crippen molar-refractivity contribution < 1.29 is 19.1 Å². The molecule has 7 nitrogen and oxygen atoms in total. The molecule has 1 fully saturated rings. The number of hydrogen-bond acceptors (Lipinski definition) is 5. The number of nitrogens with zero attached hydrogens (tertiary/aromatic N) is 3. The van der Waals surface area contributed by atoms with Gasteiger partial charge in [0.2, 0.25) is 5.91 Å². The molecule has 0 radical (unpaired) electrons. The summed E-state index contributed by atoms with van der Waals surface area (Å²) in [6.07, 6.45) is 3.38. The van der Waals surface area contributed by atoms with Crippen LogP contribution in [0.25, 0.3) is 11.1 Å². The Bertz CT molecular complexity index is 1090. The standard InChI is InChI=1S/C25H27N3O4/c1-18(29)28-16-23(19-7-5-4-6-8-19)24(17-28)25(30)27-11-9-26(10-12-27)20-13-21(31-2)15-22(14-20)32-3/h4-8,13-17H,9-12H2,1-3H3. The molecule has 0 bridgehead atoms. The molecule has 1 aliphatic heterocycles. The maximum atomic E-state index is 13.4. The van der Waals surface area contributed by atoms with Crippen LogP contribution in [-0.2, 0) is 0 Å². The molecule has 0 unspecified atom stereocenters. The first-order chi connectivity index (χ1) is 15.5. The lowest BCUT2D eigenvalue weighted by Gasteiger charge is -2.36. The quantitative estimate of drug-likeness (QED) is 0.613. The summed E-state index contributed by atoms with van der Waals surface area (Å²) in [6.45, 7) is 4.03. The third-order valence-corrected chi connectivity index (χ3v) is 5.77. The summed E-state index contributed by atoms with van der Waals surface area (Å²) in [5, 5.41) is 0. The number of anilines is 1. The highest BCUT2D eigenvalue weighted by molar-refractivity contribution is 6.02. The number of carbonyl (C=O) groups excluding carboxylic acids is 2. The Morgan fingerprint density at radius 2 is 1.47 bits per heavy atom. The minimum absolute atomic E-state index is 0.0632. The van der Waals surface area contributed by atoms with Crippen LogP contribution >= 0.6 is 0 Å². The highest BCUT2D eigenvalue weighted by Crippen LogP contribution is 2.30. The van der Waals surface area contributed by atoms with Crippen LogP contribution in [-0.4, -0.2) is 61.7 Å². The lowest BCUT2D eigenvalue weighted by molar-refractivity contribution is 0.0747. The normalized spacial score (nSPS) is 13.7. The molecule has 1 saturated heterocycles. The first-order valence-corrected chi connectivity index (χ1v) is 10.6. The molecule has 3 aromatic rings. The first-order valence-electron chi connectivity index (χ1n) is 10.6. The van der Waals surface area contributed by atoms with E-state index in [1.54, 1.807) is 26.6 Å². The number of carbonyl (C=O) groups is 2. The zero-order valence-electron chi connectivity index (χ0n) is 18.6. The van der Waals surface area contributed by atoms with Crippen LogP contribution in [0, 0.1) is 0 Å². The van der Waals surface area contributed by atoms with Crippen molar-refractivity contribution in [2.75, 3.05) is 45.3 Å². The molecule has 7 heteroatoms. The molecule has 2 aromatic carbocycles. The van der Waals surface area contributed by atoms with E-state index in [0.717, 1.165) is 28.3 Å². The van der Waals surface area contributed by atoms with E-state index in [2.05, 4.69) is 4.90 Å². The molecule has 4 rings (SSSR count). The summed E-state index contributed by atoms with van der Waals surface area (Å²) >= 11 is 0. The van der Waals surface area contributed by atoms with Crippen LogP contribution in [0.5, 0.6) is 11.5 Å². The van der Waals surface area contributed by atoms with Crippen molar-refractivity contribution in [3.8, 4) is 22.6 Å². The third kappa shape index (κ3) is 4.32. The zero-order valence-corrected chi connectivity index (χ0v) is 18.6. The van der Waals surface area contributed by atoms with Crippen LogP contribution < -0.4 is 14.4 Å². The van der Waals surface area contributed by atoms with Crippen molar-refractivity contribution in [2.24, 2.45) is 0 Å². The summed E-state index contributed by atoms with van der Waals surface area (Å²) in [5.74, 6) is 1.27. The summed E-state index contributed by atoms with van der Waals surface area (Å²) in [5.41, 5.74) is 3.23. The van der Waals surface area contributed by atoms with Crippen molar-refractivity contribution in [3.05, 3.63) is 66.5 Å². The van der Waals surface area contributed by atoms with E-state index in [0.29, 0.717) is 31.7 Å². The molecule has 0 atom stereocenters. The van der Waals surface area contributed by atoms with Gasteiger partial charge in [0.25, 0.3) is 5.91 Å². The summed E-state index contributed by atoms with van der Waals surface area (Å²) in [6, 6.07) is 15.5. The van der Waals surface area contributed by atoms with Gasteiger partial charge in [0, 0.05) is 74.9 Å². The highest BCUT2D eigenvalue weighted by Gasteiger charge is 2.26. The summed E-state index contributed by atoms with van der Waals surface area (Å²) < 4.78 is 12.2. The SMILES string of the molecule is COc1cc(OC)cc(N2CCN(C(=O)c3cn(C(C)=O)cc3-c3ccccc3)CC2)c1. The monoisotopic (exact) mass is 433 g/mol. The van der Waals surface area contributed by atoms with Crippen LogP contribution in [0.1, 0.15) is 22.1 Å². The smallest absolute Gasteiger partial charge is 0.256 e. The lowest BCUT2D eigenvalue weighted by Crippen LogP contribution is -2.48. The van der Waals surface area contributed by atoms with Crippen LogP contribution in [0.4, 0.5) is 5.69 Å². The fraction of sp³-hybridized carbons (Fsp3) is 0.280. The molecular weight excluding hydrogens is 406 g/mol. The Kier molecular flexibility index (Phi) is 6.16. The van der Waals surface area contributed by atoms with Crippen molar-refractivity contribution in [2.45, 2.75) is 6.92 Å². The van der Waals surface area contributed by atoms with Gasteiger partial charge < -0.3 is 19.3 Å². The predicted molar refractivity (Wildman–Crippen MR) is 124 cm³/mol. The number of aromatic nitrogens is 1. The average Bonchev–Trinajstić information content (AvgIpc) is 3.30. The fourth-order valence-electron chi connectivity index (χ4n) is 3.97. The predicted octanol–water partition coefficient (Wildman–Crippen LogP) is 3.79. The van der Waals surface area contributed by atoms with Gasteiger partial charge in [-0.25, -0.2) is 0 Å². The van der Waals surface area contributed by atoms with Crippen LogP contribution in [0.15, 0.2) is 60.9 Å². The summed E-state index contributed by atoms with van der Waals surface area (Å²) in [7, 11) is 3.26. The van der Waals surface area contributed by atoms with Gasteiger partial charge in [-0.15, -0.1) is 0 Å². The largest absolute Gasteiger partial charge is 0.497 e. The molecule has 166 valence electrons. The van der Waals surface area contributed by atoms with Crippen molar-refractivity contribution in [1.82, 2.24) is 9.47 Å². The lowest BCUT2D eigenvalue weighted by atomic mass is 10.0. The van der Waals surface area contributed by atoms with Gasteiger partial charge in [0.1, 0.15) is 11.5 Å². The van der Waals surface area contributed by atoms with Gasteiger partial charge in [-0.3, -0.25) is 14.2 Å². The molecule has 2 heterocycles. The minimum Gasteiger partial charge on any atom is -0.497 e. The van der Waals surface area contributed by atoms with Crippen LogP contribution in [0.2, 0.25) is 0 Å². The van der Waals surface area contributed by atoms with E-state index in [9.17, 15) is 9.59 Å². The molecule has 1 amide bonds. The Balaban J connectivity index is 1.54. The number of piperazine rings is 1. The molecular formula is C25H27N3O4. The molecule has 1 aromatic heterocycles. The second-order valence-corrected chi connectivity index (χ2v) is 7.73. The molecule has 0 spiro atoms. The average molecular weight is 434 g/mol. The molecule has 1 aliphatic rings. The molecule has 0 saturated carbocycles. The first kappa shape index (κ1) is 21.5. The van der Waals surface area contributed by atoms with E-state index in [1.807, 2.05) is 53.4 Å². The van der Waals surface area contributed by atoms with Gasteiger partial charge in [-0.1, -0.05) is 30.3 Å². The highest BCUT2D eigenvalue weighted by atomic mass is 16.5. The number of amides is 1. The Morgan fingerprint density at radius 1 is 0.844 bits per heavy atom. The van der Waals surface area contributed by atoms with Gasteiger partial charge in [0.15, 0.2) is 0 Å². The maximum absolute atomic E-state index is 13.4. The Hall–Kier alpha value is -3.74. The maximum Gasteiger partial charge on any atom is 0.256 e. The number of methoxy groups -OCH3 is 2. The van der Waals surface area contributed by atoms with Gasteiger partial charge >= 0.3 is 0 Å². The molecule has 0 N–H and O–H groups in total. The summed E-state index contributed by atoms with van der Waals surface area (Å²) in [4.78, 5) is 29.4. The number of hydrogen-bond donors (Lipinski definition) is 0. The Morgan fingerprint density at radius 3 is 2.03 bits per heavy atom. The van der Waals surface area contributed by atoms with E-state index in [4.69, 9.17) is 9.47 Å². The van der Waals surface area contributed by atoms with E-state index in [1.165, 1.54) is 11.5 Å². The van der Waals surface area contributed by atoms with Crippen molar-refractivity contribution >= 4 is 17.5 Å². The fourth-order valence-corrected chi connectivity index (χ4v) is 3.97. The molecule has 0 aliphatic carbocycles. The second kappa shape index (κ2) is 9.18. The van der Waals surface area contributed by atoms with E-state index in [-0.39, 0.29) is 11.8 Å². The topological polar surface area (TPSA) is 64.0 Å². The van der Waals surface area contributed by atoms with Crippen molar-refractivity contribution in [1.29, 1.82) is 0 Å². The Labute approximate surface area is 187 Å². The van der Waals surface area contributed by atoms with E-state index >= 15 is 0 Å². The van der Waals surface area contributed by atoms with Gasteiger partial charge in [-0.05, 0) is 5.56 Å². The van der Waals surface area contributed by atoms with Gasteiger partial charge in [0.05, 0.1) is 19.8 Å². The number of ether oxygens (including phenoxy) is 2. The minimum atomic E-state index is -0.127. The molecule has 32 heavy (non-hydrogen) atoms. The van der Waals surface area contributed by atoms with E-state index < -0.39 is 0 Å².